The zero-order valence-electron chi connectivity index (χ0n) is 16.9. The van der Waals surface area contributed by atoms with Gasteiger partial charge in [-0.3, -0.25) is 14.4 Å². The topological polar surface area (TPSA) is 80.3 Å². The van der Waals surface area contributed by atoms with Crippen molar-refractivity contribution in [2.45, 2.75) is 64.0 Å². The van der Waals surface area contributed by atoms with Gasteiger partial charge >= 0.3 is 0 Å². The summed E-state index contributed by atoms with van der Waals surface area (Å²) in [5, 5.41) is 8.38. The standard InChI is InChI=1S/C20H30N6O2/c1-15(27)26(10-8-19-22-20(28-23-19)17-5-3-6-17)18-7-4-9-25(14-18)13-16-11-21-24(2)12-16/h11-12,17-18H,3-10,13-14H2,1-2H3. The van der Waals surface area contributed by atoms with E-state index in [4.69, 9.17) is 4.52 Å². The molecule has 0 aromatic carbocycles. The number of rotatable bonds is 7. The Morgan fingerprint density at radius 1 is 1.32 bits per heavy atom. The van der Waals surface area contributed by atoms with Gasteiger partial charge in [-0.25, -0.2) is 0 Å². The fourth-order valence-corrected chi connectivity index (χ4v) is 4.25. The van der Waals surface area contributed by atoms with Crippen LogP contribution in [0.4, 0.5) is 0 Å². The number of aryl methyl sites for hydroxylation is 1. The second kappa shape index (κ2) is 8.43. The Labute approximate surface area is 165 Å². The van der Waals surface area contributed by atoms with Crippen LogP contribution in [-0.4, -0.2) is 61.3 Å². The van der Waals surface area contributed by atoms with E-state index in [2.05, 4.69) is 26.3 Å². The first kappa shape index (κ1) is 19.1. The molecule has 2 aliphatic rings. The van der Waals surface area contributed by atoms with Gasteiger partial charge in [0.2, 0.25) is 11.8 Å². The maximum atomic E-state index is 12.3. The predicted molar refractivity (Wildman–Crippen MR) is 103 cm³/mol. The van der Waals surface area contributed by atoms with Crippen molar-refractivity contribution in [3.63, 3.8) is 0 Å². The van der Waals surface area contributed by atoms with Crippen molar-refractivity contribution >= 4 is 5.91 Å². The molecule has 0 bridgehead atoms. The normalized spacial score (nSPS) is 20.9. The van der Waals surface area contributed by atoms with Crippen LogP contribution in [0.1, 0.15) is 62.2 Å². The average Bonchev–Trinajstić information content (AvgIpc) is 3.23. The molecule has 0 radical (unpaired) electrons. The third kappa shape index (κ3) is 4.43. The molecular formula is C20H30N6O2. The molecule has 4 rings (SSSR count). The van der Waals surface area contributed by atoms with Crippen molar-refractivity contribution in [3.8, 4) is 0 Å². The van der Waals surface area contributed by atoms with Gasteiger partial charge in [-0.2, -0.15) is 10.1 Å². The summed E-state index contributed by atoms with van der Waals surface area (Å²) >= 11 is 0. The number of hydrogen-bond acceptors (Lipinski definition) is 6. The summed E-state index contributed by atoms with van der Waals surface area (Å²) in [7, 11) is 1.94. The van der Waals surface area contributed by atoms with E-state index >= 15 is 0 Å². The minimum absolute atomic E-state index is 0.121. The number of likely N-dealkylation sites (tertiary alicyclic amines) is 1. The van der Waals surface area contributed by atoms with Gasteiger partial charge in [0, 0.05) is 63.7 Å². The highest BCUT2D eigenvalue weighted by Crippen LogP contribution is 2.35. The lowest BCUT2D eigenvalue weighted by atomic mass is 9.85. The van der Waals surface area contributed by atoms with Crippen LogP contribution in [0.5, 0.6) is 0 Å². The summed E-state index contributed by atoms with van der Waals surface area (Å²) in [5.74, 6) is 2.06. The molecule has 1 amide bonds. The first-order chi connectivity index (χ1) is 13.6. The molecule has 152 valence electrons. The highest BCUT2D eigenvalue weighted by Gasteiger charge is 2.28. The number of carbonyl (C=O) groups is 1. The van der Waals surface area contributed by atoms with Gasteiger partial charge in [0.25, 0.3) is 0 Å². The Morgan fingerprint density at radius 3 is 2.86 bits per heavy atom. The Bertz CT molecular complexity index is 796. The highest BCUT2D eigenvalue weighted by molar-refractivity contribution is 5.73. The van der Waals surface area contributed by atoms with Crippen molar-refractivity contribution in [3.05, 3.63) is 29.7 Å². The lowest BCUT2D eigenvalue weighted by Crippen LogP contribution is -2.50. The van der Waals surface area contributed by atoms with Crippen LogP contribution in [0.3, 0.4) is 0 Å². The van der Waals surface area contributed by atoms with E-state index in [0.29, 0.717) is 18.9 Å². The van der Waals surface area contributed by atoms with E-state index in [1.54, 1.807) is 6.92 Å². The molecule has 1 saturated heterocycles. The minimum Gasteiger partial charge on any atom is -0.339 e. The Morgan fingerprint density at radius 2 is 2.18 bits per heavy atom. The van der Waals surface area contributed by atoms with Crippen molar-refractivity contribution in [2.24, 2.45) is 7.05 Å². The van der Waals surface area contributed by atoms with Crippen molar-refractivity contribution < 1.29 is 9.32 Å². The summed E-state index contributed by atoms with van der Waals surface area (Å²) in [6.45, 7) is 5.15. The predicted octanol–water partition coefficient (Wildman–Crippen LogP) is 2.13. The Balaban J connectivity index is 1.33. The molecule has 8 nitrogen and oxygen atoms in total. The number of piperidine rings is 1. The zero-order chi connectivity index (χ0) is 19.5. The maximum absolute atomic E-state index is 12.3. The molecule has 1 aliphatic heterocycles. The molecule has 0 spiro atoms. The lowest BCUT2D eigenvalue weighted by Gasteiger charge is -2.39. The van der Waals surface area contributed by atoms with Crippen molar-refractivity contribution in [2.75, 3.05) is 19.6 Å². The lowest BCUT2D eigenvalue weighted by molar-refractivity contribution is -0.132. The summed E-state index contributed by atoms with van der Waals surface area (Å²) in [5.41, 5.74) is 1.22. The van der Waals surface area contributed by atoms with E-state index in [0.717, 1.165) is 57.0 Å². The van der Waals surface area contributed by atoms with Crippen LogP contribution < -0.4 is 0 Å². The molecular weight excluding hydrogens is 356 g/mol. The van der Waals surface area contributed by atoms with Gasteiger partial charge in [-0.1, -0.05) is 11.6 Å². The van der Waals surface area contributed by atoms with Crippen LogP contribution in [0.15, 0.2) is 16.9 Å². The fourth-order valence-electron chi connectivity index (χ4n) is 4.25. The van der Waals surface area contributed by atoms with Crippen LogP contribution in [0.25, 0.3) is 0 Å². The van der Waals surface area contributed by atoms with Gasteiger partial charge in [-0.15, -0.1) is 0 Å². The quantitative estimate of drug-likeness (QED) is 0.725. The van der Waals surface area contributed by atoms with Crippen LogP contribution in [-0.2, 0) is 24.8 Å². The average molecular weight is 387 g/mol. The minimum atomic E-state index is 0.121. The molecule has 3 heterocycles. The summed E-state index contributed by atoms with van der Waals surface area (Å²) < 4.78 is 7.25. The Kier molecular flexibility index (Phi) is 5.75. The summed E-state index contributed by atoms with van der Waals surface area (Å²) in [6, 6.07) is 0.237. The number of aromatic nitrogens is 4. The summed E-state index contributed by atoms with van der Waals surface area (Å²) in [4.78, 5) is 21.3. The third-order valence-corrected chi connectivity index (χ3v) is 6.00. The molecule has 0 N–H and O–H groups in total. The molecule has 1 saturated carbocycles. The third-order valence-electron chi connectivity index (χ3n) is 6.00. The molecule has 2 aromatic rings. The molecule has 2 fully saturated rings. The zero-order valence-corrected chi connectivity index (χ0v) is 16.9. The summed E-state index contributed by atoms with van der Waals surface area (Å²) in [6.07, 6.45) is 10.3. The van der Waals surface area contributed by atoms with Gasteiger partial charge in [-0.05, 0) is 32.2 Å². The number of nitrogens with zero attached hydrogens (tertiary/aromatic N) is 6. The molecule has 1 unspecified atom stereocenters. The monoisotopic (exact) mass is 386 g/mol. The van der Waals surface area contributed by atoms with Gasteiger partial charge in [0.15, 0.2) is 5.82 Å². The second-order valence-corrected chi connectivity index (χ2v) is 8.19. The number of hydrogen-bond donors (Lipinski definition) is 0. The SMILES string of the molecule is CC(=O)N(CCc1noc(C2CCC2)n1)C1CCCN(Cc2cnn(C)c2)C1. The fraction of sp³-hybridized carbons (Fsp3) is 0.700. The molecule has 1 aliphatic carbocycles. The second-order valence-electron chi connectivity index (χ2n) is 8.19. The number of amides is 1. The molecule has 8 heteroatoms. The van der Waals surface area contributed by atoms with Crippen LogP contribution in [0.2, 0.25) is 0 Å². The van der Waals surface area contributed by atoms with E-state index in [1.165, 1.54) is 12.0 Å². The van der Waals surface area contributed by atoms with Crippen LogP contribution >= 0.6 is 0 Å². The van der Waals surface area contributed by atoms with Gasteiger partial charge in [0.05, 0.1) is 6.20 Å². The van der Waals surface area contributed by atoms with E-state index in [1.807, 2.05) is 22.8 Å². The molecule has 28 heavy (non-hydrogen) atoms. The largest absolute Gasteiger partial charge is 0.339 e. The first-order valence-corrected chi connectivity index (χ1v) is 10.4. The van der Waals surface area contributed by atoms with Gasteiger partial charge in [0.1, 0.15) is 0 Å². The van der Waals surface area contributed by atoms with E-state index in [-0.39, 0.29) is 11.9 Å². The Hall–Kier alpha value is -2.22. The van der Waals surface area contributed by atoms with Crippen LogP contribution in [0, 0.1) is 0 Å². The molecule has 2 aromatic heterocycles. The van der Waals surface area contributed by atoms with Crippen molar-refractivity contribution in [1.29, 1.82) is 0 Å². The van der Waals surface area contributed by atoms with Crippen molar-refractivity contribution in [1.82, 2.24) is 29.7 Å². The number of carbonyl (C=O) groups excluding carboxylic acids is 1. The van der Waals surface area contributed by atoms with E-state index < -0.39 is 0 Å². The molecule has 1 atom stereocenters. The maximum Gasteiger partial charge on any atom is 0.229 e. The smallest absolute Gasteiger partial charge is 0.229 e. The highest BCUT2D eigenvalue weighted by atomic mass is 16.5. The van der Waals surface area contributed by atoms with E-state index in [9.17, 15) is 4.79 Å². The first-order valence-electron chi connectivity index (χ1n) is 10.4. The van der Waals surface area contributed by atoms with Gasteiger partial charge < -0.3 is 9.42 Å².